The van der Waals surface area contributed by atoms with Crippen LogP contribution in [0.2, 0.25) is 0 Å². The van der Waals surface area contributed by atoms with Gasteiger partial charge in [0.1, 0.15) is 22.3 Å². The van der Waals surface area contributed by atoms with E-state index in [-0.39, 0.29) is 5.41 Å². The van der Waals surface area contributed by atoms with Crippen LogP contribution >= 0.6 is 0 Å². The summed E-state index contributed by atoms with van der Waals surface area (Å²) in [4.78, 5) is 10.4. The molecule has 9 aromatic carbocycles. The number of fused-ring (bicyclic) bond motifs is 16. The van der Waals surface area contributed by atoms with E-state index in [0.717, 1.165) is 93.6 Å². The summed E-state index contributed by atoms with van der Waals surface area (Å²) in [6.07, 6.45) is 1.92. The van der Waals surface area contributed by atoms with E-state index in [0.29, 0.717) is 0 Å². The third-order valence-corrected chi connectivity index (χ3v) is 12.9. The maximum absolute atomic E-state index is 7.06. The van der Waals surface area contributed by atoms with Gasteiger partial charge in [-0.1, -0.05) is 135 Å². The maximum atomic E-state index is 7.06. The van der Waals surface area contributed by atoms with Gasteiger partial charge in [0.15, 0.2) is 0 Å². The first-order chi connectivity index (χ1) is 29.0. The molecule has 0 radical (unpaired) electrons. The lowest BCUT2D eigenvalue weighted by molar-refractivity contribution is 0.660. The Bertz CT molecular complexity index is 3740. The molecular formula is C55H34N2O2. The number of para-hydroxylation sites is 1. The van der Waals surface area contributed by atoms with Crippen LogP contribution in [0.3, 0.4) is 0 Å². The first kappa shape index (κ1) is 32.5. The molecule has 0 bridgehead atoms. The number of hydrogen-bond donors (Lipinski definition) is 0. The molecule has 0 saturated carbocycles. The molecule has 0 saturated heterocycles. The molecule has 4 nitrogen and oxygen atoms in total. The summed E-state index contributed by atoms with van der Waals surface area (Å²) >= 11 is 0. The smallest absolute Gasteiger partial charge is 0.147 e. The second-order valence-electron chi connectivity index (χ2n) is 16.5. The van der Waals surface area contributed by atoms with Gasteiger partial charge in [-0.25, -0.2) is 4.98 Å². The van der Waals surface area contributed by atoms with Crippen molar-refractivity contribution >= 4 is 76.5 Å². The van der Waals surface area contributed by atoms with Crippen molar-refractivity contribution in [3.8, 4) is 44.6 Å². The van der Waals surface area contributed by atoms with Crippen molar-refractivity contribution in [1.82, 2.24) is 9.97 Å². The van der Waals surface area contributed by atoms with Crippen LogP contribution in [-0.2, 0) is 5.41 Å². The molecule has 0 spiro atoms. The minimum atomic E-state index is -0.113. The SMILES string of the molecule is CC1(C)c2ccccc2-c2ccc(-c3cc(-c4cccc(-c5cnc6c7ccccc7c7ccccc7c6n5)c4)c4oc5c(ccc6oc7ccccc7c65)c4c3)cc21. The van der Waals surface area contributed by atoms with Crippen molar-refractivity contribution in [2.24, 2.45) is 0 Å². The molecule has 3 heterocycles. The summed E-state index contributed by atoms with van der Waals surface area (Å²) in [5.74, 6) is 0. The quantitative estimate of drug-likeness (QED) is 0.169. The van der Waals surface area contributed by atoms with Crippen molar-refractivity contribution in [3.05, 3.63) is 181 Å². The van der Waals surface area contributed by atoms with Crippen molar-refractivity contribution in [2.75, 3.05) is 0 Å². The average molecular weight is 755 g/mol. The zero-order valence-electron chi connectivity index (χ0n) is 32.4. The van der Waals surface area contributed by atoms with E-state index in [2.05, 4.69) is 166 Å². The molecule has 3 aromatic heterocycles. The Kier molecular flexibility index (Phi) is 6.48. The third kappa shape index (κ3) is 4.54. The summed E-state index contributed by atoms with van der Waals surface area (Å²) in [7, 11) is 0. The minimum Gasteiger partial charge on any atom is -0.456 e. The summed E-state index contributed by atoms with van der Waals surface area (Å²) in [6, 6.07) is 58.5. The summed E-state index contributed by atoms with van der Waals surface area (Å²) in [5, 5.41) is 8.75. The highest BCUT2D eigenvalue weighted by atomic mass is 16.3. The molecule has 0 aliphatic heterocycles. The van der Waals surface area contributed by atoms with Gasteiger partial charge in [0.25, 0.3) is 0 Å². The highest BCUT2D eigenvalue weighted by molar-refractivity contribution is 6.24. The molecule has 0 atom stereocenters. The van der Waals surface area contributed by atoms with Crippen LogP contribution in [0.25, 0.3) is 121 Å². The molecule has 0 fully saturated rings. The fraction of sp³-hybridized carbons (Fsp3) is 0.0545. The van der Waals surface area contributed by atoms with E-state index in [1.807, 2.05) is 18.3 Å². The molecule has 276 valence electrons. The molecule has 0 N–H and O–H groups in total. The molecule has 13 rings (SSSR count). The molecule has 12 aromatic rings. The number of furan rings is 2. The van der Waals surface area contributed by atoms with Gasteiger partial charge >= 0.3 is 0 Å². The minimum absolute atomic E-state index is 0.113. The molecule has 1 aliphatic carbocycles. The molecule has 0 amide bonds. The standard InChI is InChI=1S/C55H34N2O2/c1-55(2)45-20-9-7-16-37(45)38-23-22-31(29-46(38)55)34-27-43(53-44(28-34)41-24-25-49-50(54(41)59-53)42-19-8-10-21-48(42)58-49)32-12-11-13-33(26-32)47-30-56-51-39-17-5-3-14-35(39)36-15-4-6-18-40(36)52(51)57-47/h3-30H,1-2H3. The van der Waals surface area contributed by atoms with Gasteiger partial charge < -0.3 is 8.83 Å². The Morgan fingerprint density at radius 1 is 0.407 bits per heavy atom. The number of rotatable bonds is 3. The van der Waals surface area contributed by atoms with Crippen LogP contribution in [0.4, 0.5) is 0 Å². The Labute approximate surface area is 339 Å². The van der Waals surface area contributed by atoms with Crippen molar-refractivity contribution < 1.29 is 8.83 Å². The molecule has 59 heavy (non-hydrogen) atoms. The predicted molar refractivity (Wildman–Crippen MR) is 243 cm³/mol. The number of benzene rings is 9. The van der Waals surface area contributed by atoms with Gasteiger partial charge in [-0.2, -0.15) is 0 Å². The van der Waals surface area contributed by atoms with Crippen LogP contribution in [0.5, 0.6) is 0 Å². The first-order valence-electron chi connectivity index (χ1n) is 20.2. The number of hydrogen-bond acceptors (Lipinski definition) is 4. The number of aromatic nitrogens is 2. The molecular weight excluding hydrogens is 721 g/mol. The van der Waals surface area contributed by atoms with E-state index in [1.54, 1.807) is 0 Å². The fourth-order valence-corrected chi connectivity index (χ4v) is 10.0. The van der Waals surface area contributed by atoms with Crippen molar-refractivity contribution in [3.63, 3.8) is 0 Å². The van der Waals surface area contributed by atoms with Crippen molar-refractivity contribution in [1.29, 1.82) is 0 Å². The zero-order valence-corrected chi connectivity index (χ0v) is 32.4. The third-order valence-electron chi connectivity index (χ3n) is 12.9. The summed E-state index contributed by atoms with van der Waals surface area (Å²) < 4.78 is 13.4. The summed E-state index contributed by atoms with van der Waals surface area (Å²) in [6.45, 7) is 4.68. The Balaban J connectivity index is 1.05. The zero-order chi connectivity index (χ0) is 39.0. The first-order valence-corrected chi connectivity index (χ1v) is 20.2. The van der Waals surface area contributed by atoms with Crippen LogP contribution in [0, 0.1) is 0 Å². The Hall–Kier alpha value is -7.56. The lowest BCUT2D eigenvalue weighted by atomic mass is 9.81. The van der Waals surface area contributed by atoms with Gasteiger partial charge in [0.05, 0.1) is 28.3 Å². The molecule has 1 aliphatic rings. The second kappa shape index (κ2) is 11.7. The predicted octanol–water partition coefficient (Wildman–Crippen LogP) is 15.0. The van der Waals surface area contributed by atoms with E-state index in [9.17, 15) is 0 Å². The largest absolute Gasteiger partial charge is 0.456 e. The monoisotopic (exact) mass is 754 g/mol. The van der Waals surface area contributed by atoms with Crippen LogP contribution < -0.4 is 0 Å². The summed E-state index contributed by atoms with van der Waals surface area (Å²) in [5.41, 5.74) is 16.6. The molecule has 4 heteroatoms. The lowest BCUT2D eigenvalue weighted by Crippen LogP contribution is -2.14. The number of nitrogens with zero attached hydrogens (tertiary/aromatic N) is 2. The van der Waals surface area contributed by atoms with E-state index in [4.69, 9.17) is 18.8 Å². The van der Waals surface area contributed by atoms with Crippen LogP contribution in [0.1, 0.15) is 25.0 Å². The lowest BCUT2D eigenvalue weighted by Gasteiger charge is -2.22. The fourth-order valence-electron chi connectivity index (χ4n) is 10.0. The maximum Gasteiger partial charge on any atom is 0.147 e. The van der Waals surface area contributed by atoms with Crippen LogP contribution in [-0.4, -0.2) is 9.97 Å². The van der Waals surface area contributed by atoms with E-state index >= 15 is 0 Å². The Morgan fingerprint density at radius 2 is 1.12 bits per heavy atom. The van der Waals surface area contributed by atoms with Gasteiger partial charge in [-0.05, 0) is 92.2 Å². The highest BCUT2D eigenvalue weighted by Crippen LogP contribution is 2.50. The second-order valence-corrected chi connectivity index (χ2v) is 16.5. The molecule has 0 unspecified atom stereocenters. The topological polar surface area (TPSA) is 52.1 Å². The highest BCUT2D eigenvalue weighted by Gasteiger charge is 2.35. The van der Waals surface area contributed by atoms with Gasteiger partial charge in [0, 0.05) is 43.5 Å². The van der Waals surface area contributed by atoms with Gasteiger partial charge in [-0.15, -0.1) is 0 Å². The Morgan fingerprint density at radius 3 is 1.97 bits per heavy atom. The van der Waals surface area contributed by atoms with Gasteiger partial charge in [-0.3, -0.25) is 4.98 Å². The van der Waals surface area contributed by atoms with Crippen LogP contribution in [0.15, 0.2) is 179 Å². The van der Waals surface area contributed by atoms with E-state index in [1.165, 1.54) is 38.6 Å². The average Bonchev–Trinajstić information content (AvgIpc) is 3.93. The van der Waals surface area contributed by atoms with Gasteiger partial charge in [0.2, 0.25) is 0 Å². The van der Waals surface area contributed by atoms with E-state index < -0.39 is 0 Å². The normalized spacial score (nSPS) is 13.4. The van der Waals surface area contributed by atoms with Crippen molar-refractivity contribution in [2.45, 2.75) is 19.3 Å².